The van der Waals surface area contributed by atoms with Gasteiger partial charge in [0.1, 0.15) is 11.6 Å². The number of carbonyl (C=O) groups excluding carboxylic acids is 1. The van der Waals surface area contributed by atoms with E-state index in [1.165, 1.54) is 0 Å². The number of hydrogen-bond donors (Lipinski definition) is 1. The van der Waals surface area contributed by atoms with Crippen molar-refractivity contribution < 1.29 is 13.6 Å². The highest BCUT2D eigenvalue weighted by molar-refractivity contribution is 5.91. The van der Waals surface area contributed by atoms with E-state index in [-0.39, 0.29) is 5.91 Å². The maximum Gasteiger partial charge on any atom is 0.221 e. The van der Waals surface area contributed by atoms with Gasteiger partial charge in [0.2, 0.25) is 5.91 Å². The number of hydrogen-bond acceptors (Lipinski definition) is 6. The number of rotatable bonds is 8. The van der Waals surface area contributed by atoms with Crippen LogP contribution in [0.4, 0.5) is 5.82 Å². The maximum absolute atomic E-state index is 12.3. The predicted octanol–water partition coefficient (Wildman–Crippen LogP) is 4.16. The predicted molar refractivity (Wildman–Crippen MR) is 113 cm³/mol. The summed E-state index contributed by atoms with van der Waals surface area (Å²) in [5.41, 5.74) is 0.820. The van der Waals surface area contributed by atoms with Crippen LogP contribution in [0.25, 0.3) is 22.5 Å². The summed E-state index contributed by atoms with van der Waals surface area (Å²) in [5.74, 6) is 2.74. The molecule has 1 amide bonds. The van der Waals surface area contributed by atoms with Crippen molar-refractivity contribution in [2.24, 2.45) is 0 Å². The van der Waals surface area contributed by atoms with Gasteiger partial charge in [-0.25, -0.2) is 9.97 Å². The lowest BCUT2D eigenvalue weighted by molar-refractivity contribution is -0.121. The van der Waals surface area contributed by atoms with Crippen molar-refractivity contribution in [1.82, 2.24) is 15.3 Å². The van der Waals surface area contributed by atoms with E-state index in [4.69, 9.17) is 13.8 Å². The SMILES string of the molecule is O=C(CCN(Cc1ccco1)c1nc(-c2ccco2)nc2ccccc12)NC1CC1. The van der Waals surface area contributed by atoms with Gasteiger partial charge in [-0.05, 0) is 49.2 Å². The van der Waals surface area contributed by atoms with Crippen LogP contribution >= 0.6 is 0 Å². The Balaban J connectivity index is 1.51. The monoisotopic (exact) mass is 402 g/mol. The van der Waals surface area contributed by atoms with Gasteiger partial charge in [-0.15, -0.1) is 0 Å². The lowest BCUT2D eigenvalue weighted by Gasteiger charge is -2.24. The first-order valence-corrected chi connectivity index (χ1v) is 10.1. The van der Waals surface area contributed by atoms with Crippen molar-refractivity contribution in [3.63, 3.8) is 0 Å². The summed E-state index contributed by atoms with van der Waals surface area (Å²) < 4.78 is 11.1. The highest BCUT2D eigenvalue weighted by atomic mass is 16.3. The van der Waals surface area contributed by atoms with E-state index < -0.39 is 0 Å². The molecule has 1 fully saturated rings. The van der Waals surface area contributed by atoms with Crippen molar-refractivity contribution in [2.45, 2.75) is 31.8 Å². The van der Waals surface area contributed by atoms with E-state index in [2.05, 4.69) is 15.2 Å². The largest absolute Gasteiger partial charge is 0.467 e. The molecule has 3 aromatic heterocycles. The van der Waals surface area contributed by atoms with Crippen LogP contribution in [0.5, 0.6) is 0 Å². The molecule has 0 atom stereocenters. The molecule has 152 valence electrons. The molecular formula is C23H22N4O3. The molecule has 0 radical (unpaired) electrons. The van der Waals surface area contributed by atoms with E-state index >= 15 is 0 Å². The van der Waals surface area contributed by atoms with Gasteiger partial charge >= 0.3 is 0 Å². The van der Waals surface area contributed by atoms with Crippen LogP contribution in [-0.4, -0.2) is 28.5 Å². The first-order valence-electron chi connectivity index (χ1n) is 10.1. The first-order chi connectivity index (χ1) is 14.8. The van der Waals surface area contributed by atoms with Gasteiger partial charge in [0.25, 0.3) is 0 Å². The van der Waals surface area contributed by atoms with E-state index in [9.17, 15) is 4.79 Å². The Hall–Kier alpha value is -3.61. The maximum atomic E-state index is 12.3. The summed E-state index contributed by atoms with van der Waals surface area (Å²) in [4.78, 5) is 23.9. The molecule has 7 nitrogen and oxygen atoms in total. The smallest absolute Gasteiger partial charge is 0.221 e. The summed E-state index contributed by atoms with van der Waals surface area (Å²) in [6.07, 6.45) is 5.79. The molecule has 0 unspecified atom stereocenters. The van der Waals surface area contributed by atoms with Crippen molar-refractivity contribution in [2.75, 3.05) is 11.4 Å². The lowest BCUT2D eigenvalue weighted by atomic mass is 10.2. The van der Waals surface area contributed by atoms with Gasteiger partial charge in [0.15, 0.2) is 11.6 Å². The van der Waals surface area contributed by atoms with Crippen molar-refractivity contribution in [1.29, 1.82) is 0 Å². The van der Waals surface area contributed by atoms with Gasteiger partial charge in [0.05, 0.1) is 24.6 Å². The molecular weight excluding hydrogens is 380 g/mol. The zero-order chi connectivity index (χ0) is 20.3. The van der Waals surface area contributed by atoms with Crippen LogP contribution in [0.2, 0.25) is 0 Å². The van der Waals surface area contributed by atoms with Crippen LogP contribution in [0.1, 0.15) is 25.0 Å². The average molecular weight is 402 g/mol. The Morgan fingerprint density at radius 2 is 1.87 bits per heavy atom. The second-order valence-electron chi connectivity index (χ2n) is 7.46. The van der Waals surface area contributed by atoms with Crippen LogP contribution in [0.15, 0.2) is 69.9 Å². The van der Waals surface area contributed by atoms with Crippen molar-refractivity contribution in [3.05, 3.63) is 66.8 Å². The molecule has 5 rings (SSSR count). The summed E-state index contributed by atoms with van der Waals surface area (Å²) in [5, 5.41) is 3.97. The zero-order valence-corrected chi connectivity index (χ0v) is 16.5. The summed E-state index contributed by atoms with van der Waals surface area (Å²) >= 11 is 0. The molecule has 1 aromatic carbocycles. The summed E-state index contributed by atoms with van der Waals surface area (Å²) in [7, 11) is 0. The van der Waals surface area contributed by atoms with E-state index in [0.29, 0.717) is 37.1 Å². The number of furan rings is 2. The van der Waals surface area contributed by atoms with Crippen molar-refractivity contribution >= 4 is 22.6 Å². The highest BCUT2D eigenvalue weighted by Gasteiger charge is 2.24. The summed E-state index contributed by atoms with van der Waals surface area (Å²) in [6.45, 7) is 1.01. The Morgan fingerprint density at radius 1 is 1.03 bits per heavy atom. The van der Waals surface area contributed by atoms with E-state index in [0.717, 1.165) is 35.3 Å². The molecule has 1 saturated carbocycles. The third-order valence-corrected chi connectivity index (χ3v) is 5.10. The Morgan fingerprint density at radius 3 is 2.63 bits per heavy atom. The first kappa shape index (κ1) is 18.4. The quantitative estimate of drug-likeness (QED) is 0.476. The molecule has 0 aliphatic heterocycles. The average Bonchev–Trinajstić information content (AvgIpc) is 3.21. The molecule has 7 heteroatoms. The molecule has 1 aliphatic carbocycles. The van der Waals surface area contributed by atoms with Gasteiger partial charge < -0.3 is 19.1 Å². The van der Waals surface area contributed by atoms with Crippen LogP contribution in [0.3, 0.4) is 0 Å². The van der Waals surface area contributed by atoms with Crippen molar-refractivity contribution in [3.8, 4) is 11.6 Å². The number of nitrogens with zero attached hydrogens (tertiary/aromatic N) is 3. The van der Waals surface area contributed by atoms with Crippen LogP contribution < -0.4 is 10.2 Å². The topological polar surface area (TPSA) is 84.4 Å². The van der Waals surface area contributed by atoms with Crippen LogP contribution in [-0.2, 0) is 11.3 Å². The molecule has 1 aliphatic rings. The number of amides is 1. The minimum Gasteiger partial charge on any atom is -0.467 e. The molecule has 0 spiro atoms. The number of fused-ring (bicyclic) bond motifs is 1. The molecule has 4 aromatic rings. The Kier molecular flexibility index (Phi) is 4.93. The summed E-state index contributed by atoms with van der Waals surface area (Å²) in [6, 6.07) is 15.7. The highest BCUT2D eigenvalue weighted by Crippen LogP contribution is 2.29. The van der Waals surface area contributed by atoms with E-state index in [1.54, 1.807) is 12.5 Å². The molecule has 3 heterocycles. The third kappa shape index (κ3) is 4.05. The van der Waals surface area contributed by atoms with Crippen LogP contribution in [0, 0.1) is 0 Å². The standard InChI is InChI=1S/C23H22N4O3/c28-21(24-16-9-10-16)11-12-27(15-17-5-3-13-29-17)23-18-6-1-2-7-19(18)25-22(26-23)20-8-4-14-30-20/h1-8,13-14,16H,9-12,15H2,(H,24,28). The molecule has 30 heavy (non-hydrogen) atoms. The fraction of sp³-hybridized carbons (Fsp3) is 0.261. The molecule has 0 saturated heterocycles. The molecule has 0 bridgehead atoms. The minimum atomic E-state index is 0.0616. The second kappa shape index (κ2) is 8.02. The molecule has 1 N–H and O–H groups in total. The fourth-order valence-corrected chi connectivity index (χ4v) is 3.43. The fourth-order valence-electron chi connectivity index (χ4n) is 3.43. The van der Waals surface area contributed by atoms with Gasteiger partial charge in [-0.3, -0.25) is 4.79 Å². The third-order valence-electron chi connectivity index (χ3n) is 5.10. The number of para-hydroxylation sites is 1. The number of aromatic nitrogens is 2. The van der Waals surface area contributed by atoms with Gasteiger partial charge in [0, 0.05) is 24.4 Å². The lowest BCUT2D eigenvalue weighted by Crippen LogP contribution is -2.32. The Labute approximate surface area is 173 Å². The van der Waals surface area contributed by atoms with Gasteiger partial charge in [-0.2, -0.15) is 0 Å². The number of carbonyl (C=O) groups is 1. The van der Waals surface area contributed by atoms with Gasteiger partial charge in [-0.1, -0.05) is 12.1 Å². The second-order valence-corrected chi connectivity index (χ2v) is 7.46. The zero-order valence-electron chi connectivity index (χ0n) is 16.5. The Bertz CT molecular complexity index is 1130. The number of nitrogens with one attached hydrogen (secondary N) is 1. The number of anilines is 1. The number of benzene rings is 1. The minimum absolute atomic E-state index is 0.0616. The normalized spacial score (nSPS) is 13.5. The van der Waals surface area contributed by atoms with E-state index in [1.807, 2.05) is 48.5 Å².